The average Bonchev–Trinajstić information content (AvgIpc) is 2.87. The SMILES string of the molecule is CN(C)CCCC1(c2ccc(Cl)cc2)OCc2cc(Br)ccc21. The quantitative estimate of drug-likeness (QED) is 0.689. The van der Waals surface area contributed by atoms with E-state index in [4.69, 9.17) is 16.3 Å². The van der Waals surface area contributed by atoms with Crippen molar-refractivity contribution < 1.29 is 4.74 Å². The number of hydrogen-bond acceptors (Lipinski definition) is 2. The van der Waals surface area contributed by atoms with Gasteiger partial charge in [-0.1, -0.05) is 45.7 Å². The highest BCUT2D eigenvalue weighted by Crippen LogP contribution is 2.46. The summed E-state index contributed by atoms with van der Waals surface area (Å²) in [6.07, 6.45) is 2.03. The van der Waals surface area contributed by atoms with E-state index >= 15 is 0 Å². The van der Waals surface area contributed by atoms with E-state index in [9.17, 15) is 0 Å². The topological polar surface area (TPSA) is 12.5 Å². The molecule has 2 aromatic carbocycles. The van der Waals surface area contributed by atoms with Crippen molar-refractivity contribution in [3.05, 3.63) is 68.7 Å². The van der Waals surface area contributed by atoms with Gasteiger partial charge >= 0.3 is 0 Å². The summed E-state index contributed by atoms with van der Waals surface area (Å²) < 4.78 is 7.49. The molecular weight excluding hydrogens is 374 g/mol. The number of fused-ring (bicyclic) bond motifs is 1. The van der Waals surface area contributed by atoms with Crippen LogP contribution >= 0.6 is 27.5 Å². The maximum atomic E-state index is 6.39. The van der Waals surface area contributed by atoms with E-state index in [0.29, 0.717) is 6.61 Å². The Morgan fingerprint density at radius 3 is 2.61 bits per heavy atom. The number of rotatable bonds is 5. The molecule has 2 aromatic rings. The Hall–Kier alpha value is -0.870. The molecule has 1 atom stereocenters. The van der Waals surface area contributed by atoms with E-state index in [1.54, 1.807) is 0 Å². The monoisotopic (exact) mass is 393 g/mol. The Morgan fingerprint density at radius 1 is 1.17 bits per heavy atom. The molecule has 1 aliphatic heterocycles. The molecule has 2 nitrogen and oxygen atoms in total. The van der Waals surface area contributed by atoms with Gasteiger partial charge in [0.25, 0.3) is 0 Å². The second kappa shape index (κ2) is 6.94. The number of benzene rings is 2. The lowest BCUT2D eigenvalue weighted by Gasteiger charge is -2.31. The van der Waals surface area contributed by atoms with Crippen LogP contribution in [0, 0.1) is 0 Å². The van der Waals surface area contributed by atoms with Gasteiger partial charge in [0.1, 0.15) is 5.60 Å². The largest absolute Gasteiger partial charge is 0.361 e. The predicted molar refractivity (Wildman–Crippen MR) is 99.0 cm³/mol. The zero-order valence-corrected chi connectivity index (χ0v) is 15.8. The van der Waals surface area contributed by atoms with Crippen LogP contribution in [0.2, 0.25) is 5.02 Å². The Bertz CT molecular complexity index is 686. The van der Waals surface area contributed by atoms with Gasteiger partial charge in [-0.3, -0.25) is 0 Å². The molecule has 4 heteroatoms. The maximum Gasteiger partial charge on any atom is 0.119 e. The highest BCUT2D eigenvalue weighted by atomic mass is 79.9. The second-order valence-electron chi connectivity index (χ2n) is 6.33. The first kappa shape index (κ1) is 17.0. The third-order valence-corrected chi connectivity index (χ3v) is 5.17. The lowest BCUT2D eigenvalue weighted by molar-refractivity contribution is -0.0139. The van der Waals surface area contributed by atoms with Crippen LogP contribution in [0.1, 0.15) is 29.5 Å². The number of hydrogen-bond donors (Lipinski definition) is 0. The van der Waals surface area contributed by atoms with Crippen molar-refractivity contribution in [3.63, 3.8) is 0 Å². The number of nitrogens with zero attached hydrogens (tertiary/aromatic N) is 1. The van der Waals surface area contributed by atoms with Crippen LogP contribution in [-0.2, 0) is 16.9 Å². The molecule has 0 bridgehead atoms. The molecule has 0 spiro atoms. The standard InChI is InChI=1S/C19H21BrClNO/c1-22(2)11-3-10-19(15-4-7-17(21)8-5-15)18-9-6-16(20)12-14(18)13-23-19/h4-9,12H,3,10-11,13H2,1-2H3. The molecule has 23 heavy (non-hydrogen) atoms. The van der Waals surface area contributed by atoms with E-state index < -0.39 is 0 Å². The first-order valence-corrected chi connectivity index (χ1v) is 9.02. The zero-order valence-electron chi connectivity index (χ0n) is 13.5. The Balaban J connectivity index is 2.00. The molecule has 0 saturated carbocycles. The summed E-state index contributed by atoms with van der Waals surface area (Å²) in [4.78, 5) is 2.22. The van der Waals surface area contributed by atoms with Crippen LogP contribution in [0.3, 0.4) is 0 Å². The van der Waals surface area contributed by atoms with Crippen molar-refractivity contribution in [1.29, 1.82) is 0 Å². The van der Waals surface area contributed by atoms with Gasteiger partial charge in [0.15, 0.2) is 0 Å². The minimum Gasteiger partial charge on any atom is -0.361 e. The summed E-state index contributed by atoms with van der Waals surface area (Å²) >= 11 is 9.64. The van der Waals surface area contributed by atoms with Crippen LogP contribution in [0.25, 0.3) is 0 Å². The maximum absolute atomic E-state index is 6.39. The summed E-state index contributed by atoms with van der Waals surface area (Å²) in [5.41, 5.74) is 3.36. The van der Waals surface area contributed by atoms with Crippen LogP contribution < -0.4 is 0 Å². The van der Waals surface area contributed by atoms with Crippen LogP contribution in [0.4, 0.5) is 0 Å². The van der Waals surface area contributed by atoms with E-state index in [1.807, 2.05) is 12.1 Å². The first-order chi connectivity index (χ1) is 11.0. The van der Waals surface area contributed by atoms with Crippen molar-refractivity contribution >= 4 is 27.5 Å². The van der Waals surface area contributed by atoms with Crippen molar-refractivity contribution in [1.82, 2.24) is 4.90 Å². The molecule has 3 rings (SSSR count). The Kier molecular flexibility index (Phi) is 5.12. The smallest absolute Gasteiger partial charge is 0.119 e. The van der Waals surface area contributed by atoms with Gasteiger partial charge in [-0.25, -0.2) is 0 Å². The van der Waals surface area contributed by atoms with Gasteiger partial charge in [0.2, 0.25) is 0 Å². The molecule has 0 saturated heterocycles. The minimum atomic E-state index is -0.364. The van der Waals surface area contributed by atoms with Crippen molar-refractivity contribution in [2.75, 3.05) is 20.6 Å². The molecule has 1 heterocycles. The average molecular weight is 395 g/mol. The normalized spacial score (nSPS) is 20.0. The molecule has 1 aliphatic rings. The molecule has 0 aromatic heterocycles. The van der Waals surface area contributed by atoms with Gasteiger partial charge in [0.05, 0.1) is 6.61 Å². The molecule has 0 amide bonds. The lowest BCUT2D eigenvalue weighted by Crippen LogP contribution is -2.28. The summed E-state index contributed by atoms with van der Waals surface area (Å²) in [5, 5.41) is 0.756. The van der Waals surface area contributed by atoms with Gasteiger partial charge in [-0.2, -0.15) is 0 Å². The summed E-state index contributed by atoms with van der Waals surface area (Å²) in [7, 11) is 4.21. The fraction of sp³-hybridized carbons (Fsp3) is 0.368. The predicted octanol–water partition coefficient (Wildman–Crippen LogP) is 5.22. The van der Waals surface area contributed by atoms with Crippen molar-refractivity contribution in [2.45, 2.75) is 25.0 Å². The highest BCUT2D eigenvalue weighted by molar-refractivity contribution is 9.10. The molecule has 1 unspecified atom stereocenters. The molecule has 0 radical (unpaired) electrons. The van der Waals surface area contributed by atoms with E-state index in [0.717, 1.165) is 28.9 Å². The summed E-state index contributed by atoms with van der Waals surface area (Å²) in [6.45, 7) is 1.70. The summed E-state index contributed by atoms with van der Waals surface area (Å²) in [5.74, 6) is 0. The zero-order chi connectivity index (χ0) is 16.4. The molecule has 0 fully saturated rings. The summed E-state index contributed by atoms with van der Waals surface area (Å²) in [6, 6.07) is 14.5. The van der Waals surface area contributed by atoms with Crippen LogP contribution in [-0.4, -0.2) is 25.5 Å². The van der Waals surface area contributed by atoms with E-state index in [1.165, 1.54) is 16.7 Å². The third kappa shape index (κ3) is 3.48. The fourth-order valence-corrected chi connectivity index (χ4v) is 3.84. The fourth-order valence-electron chi connectivity index (χ4n) is 3.31. The van der Waals surface area contributed by atoms with E-state index in [-0.39, 0.29) is 5.60 Å². The number of halogens is 2. The van der Waals surface area contributed by atoms with Gasteiger partial charge in [0, 0.05) is 9.50 Å². The second-order valence-corrected chi connectivity index (χ2v) is 7.68. The molecule has 122 valence electrons. The van der Waals surface area contributed by atoms with Gasteiger partial charge in [-0.05, 0) is 74.4 Å². The van der Waals surface area contributed by atoms with Gasteiger partial charge in [-0.15, -0.1) is 0 Å². The Labute approximate surface area is 151 Å². The lowest BCUT2D eigenvalue weighted by atomic mass is 9.82. The number of ether oxygens (including phenoxy) is 1. The Morgan fingerprint density at radius 2 is 1.91 bits per heavy atom. The van der Waals surface area contributed by atoms with E-state index in [2.05, 4.69) is 65.3 Å². The minimum absolute atomic E-state index is 0.364. The van der Waals surface area contributed by atoms with Gasteiger partial charge < -0.3 is 9.64 Å². The molecule has 0 aliphatic carbocycles. The first-order valence-electron chi connectivity index (χ1n) is 7.85. The van der Waals surface area contributed by atoms with Crippen LogP contribution in [0.5, 0.6) is 0 Å². The van der Waals surface area contributed by atoms with Crippen molar-refractivity contribution in [2.24, 2.45) is 0 Å². The van der Waals surface area contributed by atoms with Crippen molar-refractivity contribution in [3.8, 4) is 0 Å². The highest BCUT2D eigenvalue weighted by Gasteiger charge is 2.41. The third-order valence-electron chi connectivity index (χ3n) is 4.42. The molecular formula is C19H21BrClNO. The van der Waals surface area contributed by atoms with Crippen LogP contribution in [0.15, 0.2) is 46.9 Å². The molecule has 0 N–H and O–H groups in total.